The predicted molar refractivity (Wildman–Crippen MR) is 137 cm³/mol. The zero-order valence-corrected chi connectivity index (χ0v) is 19.5. The van der Waals surface area contributed by atoms with Crippen LogP contribution >= 0.6 is 0 Å². The highest BCUT2D eigenvalue weighted by Crippen LogP contribution is 2.19. The topological polar surface area (TPSA) is 85.7 Å². The van der Waals surface area contributed by atoms with Gasteiger partial charge in [-0.2, -0.15) is 0 Å². The lowest BCUT2D eigenvalue weighted by atomic mass is 10.2. The van der Waals surface area contributed by atoms with Crippen LogP contribution in [0.3, 0.4) is 0 Å². The fourth-order valence-corrected chi connectivity index (χ4v) is 3.37. The number of aliphatic imine (C=N–C) groups is 1. The smallest absolute Gasteiger partial charge is 0.336 e. The van der Waals surface area contributed by atoms with Crippen molar-refractivity contribution in [2.45, 2.75) is 13.8 Å². The second kappa shape index (κ2) is 11.0. The van der Waals surface area contributed by atoms with Gasteiger partial charge in [-0.1, -0.05) is 30.3 Å². The number of esters is 1. The maximum atomic E-state index is 12.8. The normalized spacial score (nSPS) is 11.3. The van der Waals surface area contributed by atoms with Crippen molar-refractivity contribution in [1.82, 2.24) is 9.78 Å². The van der Waals surface area contributed by atoms with E-state index in [1.165, 1.54) is 17.0 Å². The predicted octanol–water partition coefficient (Wildman–Crippen LogP) is 5.24. The van der Waals surface area contributed by atoms with Crippen molar-refractivity contribution < 1.29 is 14.3 Å². The Kier molecular flexibility index (Phi) is 7.37. The molecule has 0 saturated heterocycles. The number of hydrogen-bond acceptors (Lipinski definition) is 5. The Morgan fingerprint density at radius 1 is 0.971 bits per heavy atom. The van der Waals surface area contributed by atoms with Gasteiger partial charge < -0.3 is 9.47 Å². The number of carbonyl (C=O) groups excluding carboxylic acids is 1. The third-order valence-corrected chi connectivity index (χ3v) is 5.13. The van der Waals surface area contributed by atoms with E-state index in [0.717, 1.165) is 17.0 Å². The summed E-state index contributed by atoms with van der Waals surface area (Å²) < 4.78 is 12.2. The summed E-state index contributed by atoms with van der Waals surface area (Å²) in [6.07, 6.45) is 4.58. The SMILES string of the molecule is CCOc1ccc(/C=C/C(=O)Oc2ccc(N=Cc3c(C)[nH]n(-c4ccccc4)c3=O)cc2)cc1. The number of para-hydroxylation sites is 1. The summed E-state index contributed by atoms with van der Waals surface area (Å²) in [5.74, 6) is 0.692. The van der Waals surface area contributed by atoms with E-state index in [-0.39, 0.29) is 5.56 Å². The van der Waals surface area contributed by atoms with Crippen molar-refractivity contribution in [2.24, 2.45) is 4.99 Å². The first-order valence-corrected chi connectivity index (χ1v) is 11.2. The van der Waals surface area contributed by atoms with Gasteiger partial charge in [-0.05, 0) is 74.0 Å². The highest BCUT2D eigenvalue weighted by Gasteiger charge is 2.10. The maximum absolute atomic E-state index is 12.8. The van der Waals surface area contributed by atoms with Crippen LogP contribution in [0.5, 0.6) is 11.5 Å². The first kappa shape index (κ1) is 23.5. The molecule has 0 aliphatic carbocycles. The molecule has 0 aliphatic heterocycles. The monoisotopic (exact) mass is 467 g/mol. The summed E-state index contributed by atoms with van der Waals surface area (Å²) in [4.78, 5) is 29.3. The van der Waals surface area contributed by atoms with Crippen molar-refractivity contribution >= 4 is 23.9 Å². The van der Waals surface area contributed by atoms with Crippen LogP contribution < -0.4 is 15.0 Å². The van der Waals surface area contributed by atoms with Crippen molar-refractivity contribution in [3.05, 3.63) is 112 Å². The molecule has 0 atom stereocenters. The molecule has 0 unspecified atom stereocenters. The molecule has 7 nitrogen and oxygen atoms in total. The number of hydrogen-bond donors (Lipinski definition) is 1. The van der Waals surface area contributed by atoms with Crippen LogP contribution in [-0.2, 0) is 4.79 Å². The molecule has 4 aromatic rings. The quantitative estimate of drug-likeness (QED) is 0.166. The van der Waals surface area contributed by atoms with E-state index in [4.69, 9.17) is 9.47 Å². The fourth-order valence-electron chi connectivity index (χ4n) is 3.37. The van der Waals surface area contributed by atoms with Gasteiger partial charge >= 0.3 is 5.97 Å². The summed E-state index contributed by atoms with van der Waals surface area (Å²) >= 11 is 0. The Balaban J connectivity index is 1.38. The zero-order chi connectivity index (χ0) is 24.6. The van der Waals surface area contributed by atoms with Crippen LogP contribution in [0.25, 0.3) is 11.8 Å². The molecule has 1 heterocycles. The molecule has 0 spiro atoms. The first-order chi connectivity index (χ1) is 17.0. The molecule has 7 heteroatoms. The molecular formula is C28H25N3O4. The van der Waals surface area contributed by atoms with Gasteiger partial charge in [0.15, 0.2) is 0 Å². The number of ether oxygens (including phenoxy) is 2. The summed E-state index contributed by atoms with van der Waals surface area (Å²) in [6.45, 7) is 4.35. The molecule has 3 aromatic carbocycles. The number of aromatic nitrogens is 2. The number of nitrogens with one attached hydrogen (secondary N) is 1. The van der Waals surface area contributed by atoms with E-state index >= 15 is 0 Å². The molecule has 1 aromatic heterocycles. The molecule has 0 radical (unpaired) electrons. The van der Waals surface area contributed by atoms with Crippen LogP contribution in [0.4, 0.5) is 5.69 Å². The van der Waals surface area contributed by atoms with Crippen molar-refractivity contribution in [3.63, 3.8) is 0 Å². The molecule has 0 saturated carbocycles. The van der Waals surface area contributed by atoms with Gasteiger partial charge in [0.1, 0.15) is 11.5 Å². The Bertz CT molecular complexity index is 1400. The van der Waals surface area contributed by atoms with Gasteiger partial charge in [-0.15, -0.1) is 0 Å². The lowest BCUT2D eigenvalue weighted by molar-refractivity contribution is -0.128. The van der Waals surface area contributed by atoms with Crippen LogP contribution in [0.1, 0.15) is 23.7 Å². The number of H-pyrrole nitrogens is 1. The van der Waals surface area contributed by atoms with Crippen molar-refractivity contribution in [2.75, 3.05) is 6.61 Å². The summed E-state index contributed by atoms with van der Waals surface area (Å²) in [6, 6.07) is 23.5. The summed E-state index contributed by atoms with van der Waals surface area (Å²) in [5.41, 5.74) is 3.25. The molecular weight excluding hydrogens is 442 g/mol. The average molecular weight is 468 g/mol. The lowest BCUT2D eigenvalue weighted by Gasteiger charge is -2.03. The van der Waals surface area contributed by atoms with Crippen LogP contribution in [0.2, 0.25) is 0 Å². The Hall–Kier alpha value is -4.65. The zero-order valence-electron chi connectivity index (χ0n) is 19.5. The maximum Gasteiger partial charge on any atom is 0.336 e. The summed E-state index contributed by atoms with van der Waals surface area (Å²) in [5, 5.41) is 3.07. The molecule has 0 fully saturated rings. The number of nitrogens with zero attached hydrogens (tertiary/aromatic N) is 2. The molecule has 0 amide bonds. The third kappa shape index (κ3) is 6.03. The fraction of sp³-hybridized carbons (Fsp3) is 0.107. The van der Waals surface area contributed by atoms with Gasteiger partial charge in [-0.3, -0.25) is 14.9 Å². The number of aryl methyl sites for hydroxylation is 1. The minimum Gasteiger partial charge on any atom is -0.494 e. The van der Waals surface area contributed by atoms with E-state index < -0.39 is 5.97 Å². The minimum atomic E-state index is -0.487. The Morgan fingerprint density at radius 2 is 1.66 bits per heavy atom. The van der Waals surface area contributed by atoms with E-state index in [1.54, 1.807) is 30.3 Å². The number of carbonyl (C=O) groups is 1. The third-order valence-electron chi connectivity index (χ3n) is 5.13. The van der Waals surface area contributed by atoms with Gasteiger partial charge in [-0.25, -0.2) is 9.48 Å². The van der Waals surface area contributed by atoms with E-state index in [2.05, 4.69) is 10.1 Å². The van der Waals surface area contributed by atoms with Crippen LogP contribution in [0, 0.1) is 6.92 Å². The van der Waals surface area contributed by atoms with Crippen LogP contribution in [0.15, 0.2) is 94.7 Å². The molecule has 35 heavy (non-hydrogen) atoms. The Morgan fingerprint density at radius 3 is 2.34 bits per heavy atom. The molecule has 4 rings (SSSR count). The Labute approximate surface area is 203 Å². The molecule has 0 bridgehead atoms. The van der Waals surface area contributed by atoms with Gasteiger partial charge in [0.2, 0.25) is 0 Å². The van der Waals surface area contributed by atoms with Gasteiger partial charge in [0.05, 0.1) is 23.5 Å². The second-order valence-electron chi connectivity index (χ2n) is 7.64. The number of aromatic amines is 1. The molecule has 176 valence electrons. The number of benzene rings is 3. The molecule has 0 aliphatic rings. The first-order valence-electron chi connectivity index (χ1n) is 11.2. The standard InChI is InChI=1S/C28H25N3O4/c1-3-34-24-14-9-21(10-15-24)11-18-27(32)35-25-16-12-22(13-17-25)29-19-26-20(2)30-31(28(26)33)23-7-5-4-6-8-23/h4-19,30H,3H2,1-2H3/b18-11+,29-19?. The van der Waals surface area contributed by atoms with E-state index in [0.29, 0.717) is 29.3 Å². The number of rotatable bonds is 8. The molecule has 1 N–H and O–H groups in total. The highest BCUT2D eigenvalue weighted by atomic mass is 16.5. The van der Waals surface area contributed by atoms with Crippen molar-refractivity contribution in [1.29, 1.82) is 0 Å². The largest absolute Gasteiger partial charge is 0.494 e. The van der Waals surface area contributed by atoms with Crippen molar-refractivity contribution in [3.8, 4) is 17.2 Å². The van der Waals surface area contributed by atoms with Crippen LogP contribution in [-0.4, -0.2) is 28.6 Å². The summed E-state index contributed by atoms with van der Waals surface area (Å²) in [7, 11) is 0. The van der Waals surface area contributed by atoms with E-state index in [9.17, 15) is 9.59 Å². The highest BCUT2D eigenvalue weighted by molar-refractivity contribution is 5.88. The average Bonchev–Trinajstić information content (AvgIpc) is 3.17. The van der Waals surface area contributed by atoms with Gasteiger partial charge in [0, 0.05) is 18.0 Å². The second-order valence-corrected chi connectivity index (χ2v) is 7.64. The minimum absolute atomic E-state index is 0.178. The van der Waals surface area contributed by atoms with Gasteiger partial charge in [0.25, 0.3) is 5.56 Å². The van der Waals surface area contributed by atoms with E-state index in [1.807, 2.05) is 68.4 Å². The lowest BCUT2D eigenvalue weighted by Crippen LogP contribution is -2.17.